The Morgan fingerprint density at radius 3 is 2.62 bits per heavy atom. The lowest BCUT2D eigenvalue weighted by molar-refractivity contribution is 0.627. The first-order valence-corrected chi connectivity index (χ1v) is 8.56. The molecule has 0 bridgehead atoms. The van der Waals surface area contributed by atoms with Gasteiger partial charge in [-0.1, -0.05) is 30.8 Å². The number of benzene rings is 1. The average Bonchev–Trinajstić information content (AvgIpc) is 2.92. The molecule has 0 saturated heterocycles. The molecule has 0 aliphatic rings. The van der Waals surface area contributed by atoms with Gasteiger partial charge < -0.3 is 4.57 Å². The predicted octanol–water partition coefficient (Wildman–Crippen LogP) is 2.26. The summed E-state index contributed by atoms with van der Waals surface area (Å²) in [6, 6.07) is 6.27. The number of halogens is 1. The van der Waals surface area contributed by atoms with Crippen LogP contribution < -0.4 is 11.2 Å². The zero-order chi connectivity index (χ0) is 17.3. The third-order valence-corrected chi connectivity index (χ3v) is 4.75. The van der Waals surface area contributed by atoms with E-state index in [4.69, 9.17) is 0 Å². The fraction of sp³-hybridized carbons (Fsp3) is 0.312. The number of hydrogen-bond acceptors (Lipinski definition) is 4. The van der Waals surface area contributed by atoms with Gasteiger partial charge in [-0.2, -0.15) is 0 Å². The highest BCUT2D eigenvalue weighted by atomic mass is 32.2. The van der Waals surface area contributed by atoms with E-state index in [0.717, 1.165) is 12.0 Å². The summed E-state index contributed by atoms with van der Waals surface area (Å²) in [6.45, 7) is 2.64. The van der Waals surface area contributed by atoms with Crippen LogP contribution in [0, 0.1) is 5.82 Å². The highest BCUT2D eigenvalue weighted by molar-refractivity contribution is 7.98. The molecule has 1 N–H and O–H groups in total. The molecule has 3 rings (SSSR count). The molecule has 0 saturated carbocycles. The maximum absolute atomic E-state index is 13.0. The van der Waals surface area contributed by atoms with Gasteiger partial charge in [0.25, 0.3) is 5.56 Å². The molecule has 0 spiro atoms. The Morgan fingerprint density at radius 2 is 1.96 bits per heavy atom. The molecule has 6 nitrogen and oxygen atoms in total. The van der Waals surface area contributed by atoms with E-state index in [1.54, 1.807) is 19.2 Å². The second-order valence-corrected chi connectivity index (χ2v) is 6.39. The van der Waals surface area contributed by atoms with E-state index < -0.39 is 11.2 Å². The van der Waals surface area contributed by atoms with Crippen LogP contribution in [0.3, 0.4) is 0 Å². The molecule has 0 unspecified atom stereocenters. The number of H-pyrrole nitrogens is 1. The Labute approximate surface area is 141 Å². The standard InChI is InChI=1S/C16H17FN4O2S/c1-3-8-21-12-13(20(2)15(23)19-14(12)22)18-16(21)24-9-10-4-6-11(17)7-5-10/h4-7H,3,8-9H2,1-2H3,(H,19,22,23). The third kappa shape index (κ3) is 3.01. The predicted molar refractivity (Wildman–Crippen MR) is 91.8 cm³/mol. The number of thioether (sulfide) groups is 1. The first-order chi connectivity index (χ1) is 11.5. The molecule has 0 aliphatic carbocycles. The SMILES string of the molecule is CCCn1c(SCc2ccc(F)cc2)nc2c1c(=O)[nH]c(=O)n2C. The number of imidazole rings is 1. The molecule has 0 radical (unpaired) electrons. The second-order valence-electron chi connectivity index (χ2n) is 5.45. The molecule has 126 valence electrons. The van der Waals surface area contributed by atoms with Gasteiger partial charge in [0.2, 0.25) is 0 Å². The molecule has 8 heteroatoms. The highest BCUT2D eigenvalue weighted by Crippen LogP contribution is 2.25. The molecule has 0 amide bonds. The van der Waals surface area contributed by atoms with E-state index in [9.17, 15) is 14.0 Å². The molecule has 0 fully saturated rings. The zero-order valence-electron chi connectivity index (χ0n) is 13.4. The maximum Gasteiger partial charge on any atom is 0.329 e. The third-order valence-electron chi connectivity index (χ3n) is 3.70. The molecular weight excluding hydrogens is 331 g/mol. The van der Waals surface area contributed by atoms with Crippen molar-refractivity contribution in [2.75, 3.05) is 0 Å². The fourth-order valence-electron chi connectivity index (χ4n) is 2.48. The maximum atomic E-state index is 13.0. The number of hydrogen-bond donors (Lipinski definition) is 1. The minimum Gasteiger partial charge on any atom is -0.313 e. The Balaban J connectivity index is 2.03. The Bertz CT molecular complexity index is 988. The Hall–Kier alpha value is -2.35. The van der Waals surface area contributed by atoms with Crippen molar-refractivity contribution in [3.63, 3.8) is 0 Å². The number of fused-ring (bicyclic) bond motifs is 1. The van der Waals surface area contributed by atoms with Crippen molar-refractivity contribution in [3.05, 3.63) is 56.5 Å². The van der Waals surface area contributed by atoms with Crippen LogP contribution >= 0.6 is 11.8 Å². The minimum atomic E-state index is -0.483. The number of nitrogens with zero attached hydrogens (tertiary/aromatic N) is 3. The number of rotatable bonds is 5. The highest BCUT2D eigenvalue weighted by Gasteiger charge is 2.17. The van der Waals surface area contributed by atoms with Gasteiger partial charge >= 0.3 is 5.69 Å². The lowest BCUT2D eigenvalue weighted by atomic mass is 10.2. The summed E-state index contributed by atoms with van der Waals surface area (Å²) in [6.07, 6.45) is 0.831. The topological polar surface area (TPSA) is 72.7 Å². The Kier molecular flexibility index (Phi) is 4.57. The van der Waals surface area contributed by atoms with Crippen molar-refractivity contribution in [2.24, 2.45) is 7.05 Å². The van der Waals surface area contributed by atoms with Crippen molar-refractivity contribution in [2.45, 2.75) is 30.8 Å². The monoisotopic (exact) mass is 348 g/mol. The van der Waals surface area contributed by atoms with Crippen molar-refractivity contribution in [1.29, 1.82) is 0 Å². The average molecular weight is 348 g/mol. The van der Waals surface area contributed by atoms with E-state index in [1.807, 2.05) is 11.5 Å². The smallest absolute Gasteiger partial charge is 0.313 e. The summed E-state index contributed by atoms with van der Waals surface area (Å²) >= 11 is 1.46. The van der Waals surface area contributed by atoms with Crippen molar-refractivity contribution < 1.29 is 4.39 Å². The van der Waals surface area contributed by atoms with Gasteiger partial charge in [-0.05, 0) is 24.1 Å². The molecule has 2 aromatic heterocycles. The van der Waals surface area contributed by atoms with Crippen LogP contribution in [0.4, 0.5) is 4.39 Å². The molecule has 0 aliphatic heterocycles. The van der Waals surface area contributed by atoms with Gasteiger partial charge in [0.1, 0.15) is 5.82 Å². The molecule has 2 heterocycles. The molecule has 1 aromatic carbocycles. The number of nitrogens with one attached hydrogen (secondary N) is 1. The van der Waals surface area contributed by atoms with Crippen LogP contribution in [0.25, 0.3) is 11.2 Å². The quantitative estimate of drug-likeness (QED) is 0.718. The van der Waals surface area contributed by atoms with Crippen LogP contribution in [0.2, 0.25) is 0 Å². The van der Waals surface area contributed by atoms with Crippen LogP contribution in [-0.2, 0) is 19.3 Å². The first kappa shape index (κ1) is 16.5. The van der Waals surface area contributed by atoms with Crippen LogP contribution in [0.1, 0.15) is 18.9 Å². The van der Waals surface area contributed by atoms with Gasteiger partial charge in [-0.15, -0.1) is 0 Å². The first-order valence-electron chi connectivity index (χ1n) is 7.58. The molecular formula is C16H17FN4O2S. The molecule has 3 aromatic rings. The van der Waals surface area contributed by atoms with E-state index in [-0.39, 0.29) is 5.82 Å². The summed E-state index contributed by atoms with van der Waals surface area (Å²) in [7, 11) is 1.58. The van der Waals surface area contributed by atoms with Gasteiger partial charge in [0.15, 0.2) is 16.3 Å². The van der Waals surface area contributed by atoms with Crippen molar-refractivity contribution in [3.8, 4) is 0 Å². The number of aromatic amines is 1. The van der Waals surface area contributed by atoms with Gasteiger partial charge in [0, 0.05) is 19.3 Å². The molecule has 0 atom stereocenters. The van der Waals surface area contributed by atoms with Crippen molar-refractivity contribution >= 4 is 22.9 Å². The summed E-state index contributed by atoms with van der Waals surface area (Å²) in [5.41, 5.74) is 0.824. The van der Waals surface area contributed by atoms with Gasteiger partial charge in [0.05, 0.1) is 0 Å². The van der Waals surface area contributed by atoms with E-state index in [0.29, 0.717) is 28.6 Å². The van der Waals surface area contributed by atoms with Gasteiger partial charge in [-0.3, -0.25) is 14.3 Å². The van der Waals surface area contributed by atoms with E-state index >= 15 is 0 Å². The van der Waals surface area contributed by atoms with Crippen LogP contribution in [0.5, 0.6) is 0 Å². The second kappa shape index (κ2) is 6.64. The van der Waals surface area contributed by atoms with E-state index in [2.05, 4.69) is 9.97 Å². The van der Waals surface area contributed by atoms with Gasteiger partial charge in [-0.25, -0.2) is 14.2 Å². The Morgan fingerprint density at radius 1 is 1.25 bits per heavy atom. The fourth-order valence-corrected chi connectivity index (χ4v) is 3.46. The lowest BCUT2D eigenvalue weighted by Gasteiger charge is -2.06. The minimum absolute atomic E-state index is 0.275. The number of aromatic nitrogens is 4. The number of aryl methyl sites for hydroxylation is 2. The summed E-state index contributed by atoms with van der Waals surface area (Å²) < 4.78 is 16.2. The summed E-state index contributed by atoms with van der Waals surface area (Å²) in [5.74, 6) is 0.322. The zero-order valence-corrected chi connectivity index (χ0v) is 14.2. The van der Waals surface area contributed by atoms with Crippen LogP contribution in [0.15, 0.2) is 39.0 Å². The lowest BCUT2D eigenvalue weighted by Crippen LogP contribution is -2.29. The summed E-state index contributed by atoms with van der Waals surface area (Å²) in [5, 5.41) is 0.669. The largest absolute Gasteiger partial charge is 0.329 e. The molecule has 24 heavy (non-hydrogen) atoms. The normalized spacial score (nSPS) is 11.3. The van der Waals surface area contributed by atoms with E-state index in [1.165, 1.54) is 28.5 Å². The summed E-state index contributed by atoms with van der Waals surface area (Å²) in [4.78, 5) is 30.7. The van der Waals surface area contributed by atoms with Crippen LogP contribution in [-0.4, -0.2) is 19.1 Å². The van der Waals surface area contributed by atoms with Crippen molar-refractivity contribution in [1.82, 2.24) is 19.1 Å².